The molecule has 4 aromatic rings. The van der Waals surface area contributed by atoms with Crippen molar-refractivity contribution in [2.24, 2.45) is 0 Å². The Bertz CT molecular complexity index is 1230. The molecule has 0 aliphatic carbocycles. The Morgan fingerprint density at radius 2 is 1.64 bits per heavy atom. The number of benzene rings is 3. The van der Waals surface area contributed by atoms with Crippen molar-refractivity contribution in [2.45, 2.75) is 26.6 Å². The molecule has 1 heterocycles. The standard InChI is InChI=1S/C26H26N4O3/c1-2-27-26(32)20-14-12-19(13-15-20)16-28-25(31)17-30-23-11-7-6-10-22(23)29-24(30)18-33-21-8-4-3-5-9-21/h3-15H,2,16-18H2,1H3,(H,27,32)(H,28,31). The van der Waals surface area contributed by atoms with Crippen molar-refractivity contribution in [3.05, 3.63) is 95.8 Å². The van der Waals surface area contributed by atoms with Gasteiger partial charge in [0, 0.05) is 18.7 Å². The summed E-state index contributed by atoms with van der Waals surface area (Å²) >= 11 is 0. The van der Waals surface area contributed by atoms with Gasteiger partial charge in [0.05, 0.1) is 11.0 Å². The largest absolute Gasteiger partial charge is 0.486 e. The molecule has 0 bridgehead atoms. The lowest BCUT2D eigenvalue weighted by Gasteiger charge is -2.11. The highest BCUT2D eigenvalue weighted by Gasteiger charge is 2.14. The number of nitrogens with one attached hydrogen (secondary N) is 2. The number of fused-ring (bicyclic) bond motifs is 1. The Morgan fingerprint density at radius 3 is 2.39 bits per heavy atom. The van der Waals surface area contributed by atoms with E-state index in [0.717, 1.165) is 22.3 Å². The quantitative estimate of drug-likeness (QED) is 0.414. The number of carbonyl (C=O) groups is 2. The summed E-state index contributed by atoms with van der Waals surface area (Å²) in [4.78, 5) is 29.3. The number of imidazole rings is 1. The van der Waals surface area contributed by atoms with E-state index < -0.39 is 0 Å². The first-order valence-electron chi connectivity index (χ1n) is 10.9. The first-order chi connectivity index (χ1) is 16.1. The fraction of sp³-hybridized carbons (Fsp3) is 0.192. The summed E-state index contributed by atoms with van der Waals surface area (Å²) < 4.78 is 7.75. The van der Waals surface area contributed by atoms with Crippen molar-refractivity contribution >= 4 is 22.8 Å². The Kier molecular flexibility index (Phi) is 6.99. The highest BCUT2D eigenvalue weighted by Crippen LogP contribution is 2.18. The van der Waals surface area contributed by atoms with Gasteiger partial charge in [-0.2, -0.15) is 0 Å². The predicted molar refractivity (Wildman–Crippen MR) is 127 cm³/mol. The third-order valence-electron chi connectivity index (χ3n) is 5.19. The first kappa shape index (κ1) is 22.1. The lowest BCUT2D eigenvalue weighted by atomic mass is 10.1. The minimum absolute atomic E-state index is 0.106. The molecule has 7 heteroatoms. The maximum Gasteiger partial charge on any atom is 0.251 e. The van der Waals surface area contributed by atoms with Crippen LogP contribution in [0, 0.1) is 0 Å². The lowest BCUT2D eigenvalue weighted by molar-refractivity contribution is -0.121. The third-order valence-corrected chi connectivity index (χ3v) is 5.19. The van der Waals surface area contributed by atoms with E-state index >= 15 is 0 Å². The van der Waals surface area contributed by atoms with Gasteiger partial charge in [0.1, 0.15) is 24.7 Å². The van der Waals surface area contributed by atoms with Gasteiger partial charge in [-0.05, 0) is 48.9 Å². The maximum atomic E-state index is 12.7. The number of para-hydroxylation sites is 3. The van der Waals surface area contributed by atoms with E-state index in [1.165, 1.54) is 0 Å². The molecule has 0 spiro atoms. The topological polar surface area (TPSA) is 85.2 Å². The molecular formula is C26H26N4O3. The second-order valence-electron chi connectivity index (χ2n) is 7.54. The summed E-state index contributed by atoms with van der Waals surface area (Å²) in [6.45, 7) is 3.22. The van der Waals surface area contributed by atoms with Crippen molar-refractivity contribution in [2.75, 3.05) is 6.54 Å². The van der Waals surface area contributed by atoms with E-state index in [-0.39, 0.29) is 25.0 Å². The number of aromatic nitrogens is 2. The van der Waals surface area contributed by atoms with Gasteiger partial charge in [-0.15, -0.1) is 0 Å². The van der Waals surface area contributed by atoms with Crippen molar-refractivity contribution < 1.29 is 14.3 Å². The van der Waals surface area contributed by atoms with Crippen LogP contribution in [-0.4, -0.2) is 27.9 Å². The number of hydrogen-bond acceptors (Lipinski definition) is 4. The molecule has 1 aromatic heterocycles. The zero-order chi connectivity index (χ0) is 23.0. The minimum atomic E-state index is -0.132. The van der Waals surface area contributed by atoms with E-state index in [0.29, 0.717) is 24.5 Å². The average Bonchev–Trinajstić information content (AvgIpc) is 3.20. The van der Waals surface area contributed by atoms with Crippen LogP contribution >= 0.6 is 0 Å². The SMILES string of the molecule is CCNC(=O)c1ccc(CNC(=O)Cn2c(COc3ccccc3)nc3ccccc32)cc1. The molecule has 0 saturated heterocycles. The van der Waals surface area contributed by atoms with Crippen molar-refractivity contribution in [3.8, 4) is 5.75 Å². The van der Waals surface area contributed by atoms with Crippen LogP contribution in [0.2, 0.25) is 0 Å². The van der Waals surface area contributed by atoms with Gasteiger partial charge in [-0.1, -0.05) is 42.5 Å². The summed E-state index contributed by atoms with van der Waals surface area (Å²) in [7, 11) is 0. The van der Waals surface area contributed by atoms with Gasteiger partial charge in [-0.25, -0.2) is 4.98 Å². The molecule has 33 heavy (non-hydrogen) atoms. The van der Waals surface area contributed by atoms with Crippen LogP contribution in [0.1, 0.15) is 28.7 Å². The Balaban J connectivity index is 1.42. The van der Waals surface area contributed by atoms with E-state index in [1.807, 2.05) is 78.2 Å². The van der Waals surface area contributed by atoms with E-state index in [4.69, 9.17) is 4.74 Å². The molecule has 168 valence electrons. The first-order valence-corrected chi connectivity index (χ1v) is 10.9. The van der Waals surface area contributed by atoms with Crippen molar-refractivity contribution in [3.63, 3.8) is 0 Å². The van der Waals surface area contributed by atoms with Gasteiger partial charge in [0.2, 0.25) is 5.91 Å². The molecule has 0 aliphatic heterocycles. The van der Waals surface area contributed by atoms with Gasteiger partial charge in [-0.3, -0.25) is 9.59 Å². The molecule has 0 aliphatic rings. The molecule has 7 nitrogen and oxygen atoms in total. The lowest BCUT2D eigenvalue weighted by Crippen LogP contribution is -2.28. The van der Waals surface area contributed by atoms with Crippen LogP contribution in [0.5, 0.6) is 5.75 Å². The molecule has 0 saturated carbocycles. The van der Waals surface area contributed by atoms with Crippen LogP contribution in [0.4, 0.5) is 0 Å². The Hall–Kier alpha value is -4.13. The number of amides is 2. The second kappa shape index (κ2) is 10.5. The van der Waals surface area contributed by atoms with Crippen molar-refractivity contribution in [1.29, 1.82) is 0 Å². The van der Waals surface area contributed by atoms with Crippen LogP contribution in [0.25, 0.3) is 11.0 Å². The zero-order valence-corrected chi connectivity index (χ0v) is 18.5. The summed E-state index contributed by atoms with van der Waals surface area (Å²) in [5.74, 6) is 1.19. The Labute approximate surface area is 192 Å². The molecule has 3 aromatic carbocycles. The molecule has 0 unspecified atom stereocenters. The monoisotopic (exact) mass is 442 g/mol. The summed E-state index contributed by atoms with van der Waals surface area (Å²) in [5, 5.41) is 5.72. The molecular weight excluding hydrogens is 416 g/mol. The molecule has 0 atom stereocenters. The van der Waals surface area contributed by atoms with Crippen molar-refractivity contribution in [1.82, 2.24) is 20.2 Å². The van der Waals surface area contributed by atoms with Gasteiger partial charge < -0.3 is 19.9 Å². The fourth-order valence-corrected chi connectivity index (χ4v) is 3.51. The van der Waals surface area contributed by atoms with Crippen LogP contribution in [0.15, 0.2) is 78.9 Å². The number of carbonyl (C=O) groups excluding carboxylic acids is 2. The number of rotatable bonds is 9. The highest BCUT2D eigenvalue weighted by molar-refractivity contribution is 5.94. The molecule has 2 N–H and O–H groups in total. The van der Waals surface area contributed by atoms with Gasteiger partial charge in [0.25, 0.3) is 5.91 Å². The fourth-order valence-electron chi connectivity index (χ4n) is 3.51. The second-order valence-corrected chi connectivity index (χ2v) is 7.54. The van der Waals surface area contributed by atoms with Crippen LogP contribution in [-0.2, 0) is 24.5 Å². The molecule has 2 amide bonds. The molecule has 0 radical (unpaired) electrons. The summed E-state index contributed by atoms with van der Waals surface area (Å²) in [6.07, 6.45) is 0. The molecule has 0 fully saturated rings. The van der Waals surface area contributed by atoms with E-state index in [2.05, 4.69) is 15.6 Å². The minimum Gasteiger partial charge on any atom is -0.486 e. The number of nitrogens with zero attached hydrogens (tertiary/aromatic N) is 2. The van der Waals surface area contributed by atoms with E-state index in [1.54, 1.807) is 12.1 Å². The summed E-state index contributed by atoms with van der Waals surface area (Å²) in [6, 6.07) is 24.4. The summed E-state index contributed by atoms with van der Waals surface area (Å²) in [5.41, 5.74) is 3.21. The Morgan fingerprint density at radius 1 is 0.909 bits per heavy atom. The van der Waals surface area contributed by atoms with Crippen LogP contribution in [0.3, 0.4) is 0 Å². The van der Waals surface area contributed by atoms with Gasteiger partial charge in [0.15, 0.2) is 0 Å². The maximum absolute atomic E-state index is 12.7. The zero-order valence-electron chi connectivity index (χ0n) is 18.5. The van der Waals surface area contributed by atoms with Gasteiger partial charge >= 0.3 is 0 Å². The third kappa shape index (κ3) is 5.57. The number of hydrogen-bond donors (Lipinski definition) is 2. The molecule has 4 rings (SSSR count). The normalized spacial score (nSPS) is 10.7. The van der Waals surface area contributed by atoms with Crippen LogP contribution < -0.4 is 15.4 Å². The number of ether oxygens (including phenoxy) is 1. The van der Waals surface area contributed by atoms with E-state index in [9.17, 15) is 9.59 Å². The smallest absolute Gasteiger partial charge is 0.251 e. The average molecular weight is 443 g/mol. The predicted octanol–water partition coefficient (Wildman–Crippen LogP) is 3.68. The highest BCUT2D eigenvalue weighted by atomic mass is 16.5.